The Kier molecular flexibility index (Phi) is 4.58. The average molecular weight is 278 g/mol. The number of nitrogens with zero attached hydrogens (tertiary/aromatic N) is 2. The summed E-state index contributed by atoms with van der Waals surface area (Å²) in [5.74, 6) is 1.87. The summed E-state index contributed by atoms with van der Waals surface area (Å²) < 4.78 is 5.44. The third-order valence-corrected chi connectivity index (χ3v) is 3.00. The summed E-state index contributed by atoms with van der Waals surface area (Å²) in [5, 5.41) is 3.25. The normalized spacial score (nSPS) is 10.3. The molecule has 19 heavy (non-hydrogen) atoms. The van der Waals surface area contributed by atoms with Crippen LogP contribution in [0.5, 0.6) is 5.88 Å². The topological polar surface area (TPSA) is 47.0 Å². The van der Waals surface area contributed by atoms with Gasteiger partial charge < -0.3 is 10.1 Å². The Hall–Kier alpha value is -1.81. The second kappa shape index (κ2) is 6.38. The van der Waals surface area contributed by atoms with E-state index < -0.39 is 0 Å². The van der Waals surface area contributed by atoms with E-state index >= 15 is 0 Å². The fraction of sp³-hybridized carbons (Fsp3) is 0.286. The van der Waals surface area contributed by atoms with Gasteiger partial charge in [0.25, 0.3) is 0 Å². The number of nitrogens with one attached hydrogen (secondary N) is 1. The highest BCUT2D eigenvalue weighted by atomic mass is 35.5. The molecule has 0 unspecified atom stereocenters. The molecular weight excluding hydrogens is 262 g/mol. The van der Waals surface area contributed by atoms with Crippen LogP contribution in [-0.2, 0) is 5.88 Å². The van der Waals surface area contributed by atoms with E-state index in [4.69, 9.17) is 16.3 Å². The quantitative estimate of drug-likeness (QED) is 0.847. The fourth-order valence-corrected chi connectivity index (χ4v) is 1.83. The van der Waals surface area contributed by atoms with Crippen molar-refractivity contribution in [3.63, 3.8) is 0 Å². The fourth-order valence-electron chi connectivity index (χ4n) is 1.66. The van der Waals surface area contributed by atoms with E-state index in [1.807, 2.05) is 38.1 Å². The minimum absolute atomic E-state index is 0.515. The number of alkyl halides is 1. The van der Waals surface area contributed by atoms with Gasteiger partial charge in [0.15, 0.2) is 0 Å². The highest BCUT2D eigenvalue weighted by molar-refractivity contribution is 6.17. The zero-order valence-electron chi connectivity index (χ0n) is 11.0. The van der Waals surface area contributed by atoms with Crippen molar-refractivity contribution < 1.29 is 4.74 Å². The van der Waals surface area contributed by atoms with E-state index in [1.165, 1.54) is 6.33 Å². The Labute approximate surface area is 117 Å². The van der Waals surface area contributed by atoms with Crippen molar-refractivity contribution in [3.05, 3.63) is 41.7 Å². The van der Waals surface area contributed by atoms with Gasteiger partial charge in [-0.3, -0.25) is 0 Å². The molecule has 4 nitrogen and oxygen atoms in total. The van der Waals surface area contributed by atoms with Crippen molar-refractivity contribution >= 4 is 23.1 Å². The molecule has 0 aliphatic carbocycles. The van der Waals surface area contributed by atoms with Crippen LogP contribution < -0.4 is 10.1 Å². The molecule has 1 aromatic carbocycles. The molecule has 0 aliphatic heterocycles. The summed E-state index contributed by atoms with van der Waals surface area (Å²) in [6.07, 6.45) is 1.49. The standard InChI is InChI=1S/C14H16ClN3O/c1-3-19-14-10(2)13(16-9-17-14)18-12-6-4-11(8-15)5-7-12/h4-7,9H,3,8H2,1-2H3,(H,16,17,18). The molecule has 1 heterocycles. The van der Waals surface area contributed by atoms with Gasteiger partial charge in [-0.2, -0.15) is 0 Å². The van der Waals surface area contributed by atoms with Crippen LogP contribution in [0.1, 0.15) is 18.1 Å². The van der Waals surface area contributed by atoms with Crippen LogP contribution in [0.25, 0.3) is 0 Å². The van der Waals surface area contributed by atoms with Gasteiger partial charge in [0.05, 0.1) is 12.2 Å². The molecule has 0 radical (unpaired) electrons. The molecular formula is C14H16ClN3O. The minimum atomic E-state index is 0.515. The van der Waals surface area contributed by atoms with Crippen LogP contribution in [0.4, 0.5) is 11.5 Å². The molecule has 0 saturated heterocycles. The lowest BCUT2D eigenvalue weighted by Gasteiger charge is -2.11. The lowest BCUT2D eigenvalue weighted by Crippen LogP contribution is -2.02. The largest absolute Gasteiger partial charge is 0.478 e. The Morgan fingerprint density at radius 3 is 2.58 bits per heavy atom. The summed E-state index contributed by atoms with van der Waals surface area (Å²) in [7, 11) is 0. The molecule has 1 N–H and O–H groups in total. The molecule has 2 aromatic rings. The van der Waals surface area contributed by atoms with E-state index in [9.17, 15) is 0 Å². The van der Waals surface area contributed by atoms with Gasteiger partial charge in [0.2, 0.25) is 5.88 Å². The van der Waals surface area contributed by atoms with E-state index in [0.717, 1.165) is 22.6 Å². The van der Waals surface area contributed by atoms with Gasteiger partial charge in [-0.25, -0.2) is 9.97 Å². The average Bonchev–Trinajstić information content (AvgIpc) is 2.44. The summed E-state index contributed by atoms with van der Waals surface area (Å²) in [4.78, 5) is 8.34. The number of rotatable bonds is 5. The molecule has 5 heteroatoms. The van der Waals surface area contributed by atoms with Gasteiger partial charge >= 0.3 is 0 Å². The van der Waals surface area contributed by atoms with Gasteiger partial charge in [0.1, 0.15) is 12.1 Å². The molecule has 0 fully saturated rings. The number of anilines is 2. The molecule has 0 amide bonds. The molecule has 0 atom stereocenters. The number of hydrogen-bond acceptors (Lipinski definition) is 4. The number of hydrogen-bond donors (Lipinski definition) is 1. The first-order chi connectivity index (χ1) is 9.24. The van der Waals surface area contributed by atoms with Crippen LogP contribution in [0.3, 0.4) is 0 Å². The first-order valence-electron chi connectivity index (χ1n) is 6.11. The van der Waals surface area contributed by atoms with Crippen molar-refractivity contribution in [1.29, 1.82) is 0 Å². The third-order valence-electron chi connectivity index (χ3n) is 2.69. The van der Waals surface area contributed by atoms with E-state index in [0.29, 0.717) is 18.4 Å². The molecule has 0 aliphatic rings. The first-order valence-corrected chi connectivity index (χ1v) is 6.64. The minimum Gasteiger partial charge on any atom is -0.478 e. The summed E-state index contributed by atoms with van der Waals surface area (Å²) in [6, 6.07) is 7.91. The molecule has 100 valence electrons. The first kappa shape index (κ1) is 13.6. The summed E-state index contributed by atoms with van der Waals surface area (Å²) in [6.45, 7) is 4.45. The molecule has 0 saturated carbocycles. The van der Waals surface area contributed by atoms with Gasteiger partial charge in [-0.05, 0) is 31.5 Å². The van der Waals surface area contributed by atoms with Crippen LogP contribution in [0, 0.1) is 6.92 Å². The van der Waals surface area contributed by atoms with E-state index in [-0.39, 0.29) is 0 Å². The lowest BCUT2D eigenvalue weighted by atomic mass is 10.2. The highest BCUT2D eigenvalue weighted by Crippen LogP contribution is 2.24. The zero-order chi connectivity index (χ0) is 13.7. The number of benzene rings is 1. The predicted molar refractivity (Wildman–Crippen MR) is 77.2 cm³/mol. The SMILES string of the molecule is CCOc1ncnc(Nc2ccc(CCl)cc2)c1C. The summed E-state index contributed by atoms with van der Waals surface area (Å²) >= 11 is 5.76. The van der Waals surface area contributed by atoms with Crippen molar-refractivity contribution in [1.82, 2.24) is 9.97 Å². The predicted octanol–water partition coefficient (Wildman–Crippen LogP) is 3.67. The maximum atomic E-state index is 5.76. The Balaban J connectivity index is 2.20. The highest BCUT2D eigenvalue weighted by Gasteiger charge is 2.07. The Morgan fingerprint density at radius 2 is 1.95 bits per heavy atom. The van der Waals surface area contributed by atoms with Crippen molar-refractivity contribution in [2.75, 3.05) is 11.9 Å². The van der Waals surface area contributed by atoms with Crippen LogP contribution in [-0.4, -0.2) is 16.6 Å². The maximum absolute atomic E-state index is 5.76. The number of ether oxygens (including phenoxy) is 1. The van der Waals surface area contributed by atoms with Crippen LogP contribution in [0.15, 0.2) is 30.6 Å². The summed E-state index contributed by atoms with van der Waals surface area (Å²) in [5.41, 5.74) is 2.94. The van der Waals surface area contributed by atoms with E-state index in [1.54, 1.807) is 0 Å². The molecule has 0 spiro atoms. The second-order valence-electron chi connectivity index (χ2n) is 4.04. The maximum Gasteiger partial charge on any atom is 0.221 e. The third kappa shape index (κ3) is 3.35. The van der Waals surface area contributed by atoms with Crippen molar-refractivity contribution in [2.45, 2.75) is 19.7 Å². The van der Waals surface area contributed by atoms with Crippen LogP contribution >= 0.6 is 11.6 Å². The smallest absolute Gasteiger partial charge is 0.221 e. The Bertz CT molecular complexity index is 543. The molecule has 0 bridgehead atoms. The number of aromatic nitrogens is 2. The Morgan fingerprint density at radius 1 is 1.21 bits per heavy atom. The molecule has 1 aromatic heterocycles. The monoisotopic (exact) mass is 277 g/mol. The lowest BCUT2D eigenvalue weighted by molar-refractivity contribution is 0.324. The van der Waals surface area contributed by atoms with Gasteiger partial charge in [-0.1, -0.05) is 12.1 Å². The zero-order valence-corrected chi connectivity index (χ0v) is 11.7. The molecule has 2 rings (SSSR count). The van der Waals surface area contributed by atoms with Gasteiger partial charge in [-0.15, -0.1) is 11.6 Å². The number of halogens is 1. The van der Waals surface area contributed by atoms with Crippen LogP contribution in [0.2, 0.25) is 0 Å². The second-order valence-corrected chi connectivity index (χ2v) is 4.31. The van der Waals surface area contributed by atoms with Crippen molar-refractivity contribution in [3.8, 4) is 5.88 Å². The van der Waals surface area contributed by atoms with Crippen molar-refractivity contribution in [2.24, 2.45) is 0 Å². The van der Waals surface area contributed by atoms with E-state index in [2.05, 4.69) is 15.3 Å². The van der Waals surface area contributed by atoms with Gasteiger partial charge in [0, 0.05) is 11.6 Å².